The predicted octanol–water partition coefficient (Wildman–Crippen LogP) is 3.30. The molecule has 1 N–H and O–H groups in total. The third kappa shape index (κ3) is 4.54. The maximum Gasteiger partial charge on any atom is 0.338 e. The fourth-order valence-corrected chi connectivity index (χ4v) is 4.09. The van der Waals surface area contributed by atoms with E-state index in [1.807, 2.05) is 6.07 Å². The van der Waals surface area contributed by atoms with Gasteiger partial charge in [0.1, 0.15) is 0 Å². The first-order chi connectivity index (χ1) is 13.4. The summed E-state index contributed by atoms with van der Waals surface area (Å²) in [5.74, 6) is 0.240. The molecule has 1 saturated heterocycles. The number of hydrogen-bond donors (Lipinski definition) is 1. The highest BCUT2D eigenvalue weighted by atomic mass is 16.5. The summed E-state index contributed by atoms with van der Waals surface area (Å²) in [5.41, 5.74) is 1.04. The van der Waals surface area contributed by atoms with E-state index in [1.165, 1.54) is 6.42 Å². The lowest BCUT2D eigenvalue weighted by Gasteiger charge is -2.35. The van der Waals surface area contributed by atoms with Crippen LogP contribution in [0.1, 0.15) is 63.2 Å². The molecule has 0 bridgehead atoms. The standard InChI is InChI=1S/C22H30N2O4/c1-14-7-4-10-19(15(14)2)23-21(26)16(3)28-22(27)17-8-5-9-18(13-17)24-12-6-11-20(24)25/h5,8-9,13-16,19H,4,6-7,10-12H2,1-3H3,(H,23,26)/t14-,15+,16+,19+/m0/s1. The summed E-state index contributed by atoms with van der Waals surface area (Å²) < 4.78 is 5.39. The number of anilines is 1. The lowest BCUT2D eigenvalue weighted by Crippen LogP contribution is -2.47. The minimum Gasteiger partial charge on any atom is -0.449 e. The number of rotatable bonds is 5. The SMILES string of the molecule is C[C@@H]1[C@@H](C)CCC[C@H]1NC(=O)[C@@H](C)OC(=O)c1cccc(N2CCCC2=O)c1. The summed E-state index contributed by atoms with van der Waals surface area (Å²) in [4.78, 5) is 38.6. The van der Waals surface area contributed by atoms with Crippen LogP contribution in [0.2, 0.25) is 0 Å². The second kappa shape index (κ2) is 8.76. The Labute approximate surface area is 166 Å². The van der Waals surface area contributed by atoms with E-state index in [9.17, 15) is 14.4 Å². The van der Waals surface area contributed by atoms with Gasteiger partial charge in [-0.15, -0.1) is 0 Å². The summed E-state index contributed by atoms with van der Waals surface area (Å²) in [6.45, 7) is 6.63. The van der Waals surface area contributed by atoms with Crippen LogP contribution < -0.4 is 10.2 Å². The Morgan fingerprint density at radius 3 is 2.71 bits per heavy atom. The van der Waals surface area contributed by atoms with Gasteiger partial charge in [0.05, 0.1) is 5.56 Å². The van der Waals surface area contributed by atoms with Gasteiger partial charge in [0.25, 0.3) is 5.91 Å². The summed E-state index contributed by atoms with van der Waals surface area (Å²) in [6.07, 6.45) is 3.74. The minimum atomic E-state index is -0.867. The van der Waals surface area contributed by atoms with E-state index in [2.05, 4.69) is 19.2 Å². The Bertz CT molecular complexity index is 748. The molecule has 1 heterocycles. The van der Waals surface area contributed by atoms with Crippen LogP contribution in [0.4, 0.5) is 5.69 Å². The van der Waals surface area contributed by atoms with Gasteiger partial charge in [0.2, 0.25) is 5.91 Å². The number of esters is 1. The molecule has 3 rings (SSSR count). The Morgan fingerprint density at radius 2 is 2.00 bits per heavy atom. The molecule has 2 aliphatic rings. The molecular formula is C22H30N2O4. The smallest absolute Gasteiger partial charge is 0.338 e. The highest BCUT2D eigenvalue weighted by molar-refractivity contribution is 5.98. The van der Waals surface area contributed by atoms with Gasteiger partial charge in [-0.05, 0) is 49.8 Å². The molecular weight excluding hydrogens is 356 g/mol. The van der Waals surface area contributed by atoms with Gasteiger partial charge >= 0.3 is 5.97 Å². The maximum atomic E-state index is 12.5. The Kier molecular flexibility index (Phi) is 6.37. The molecule has 0 radical (unpaired) electrons. The van der Waals surface area contributed by atoms with Crippen molar-refractivity contribution in [1.29, 1.82) is 0 Å². The largest absolute Gasteiger partial charge is 0.449 e. The lowest BCUT2D eigenvalue weighted by molar-refractivity contribution is -0.130. The molecule has 4 atom stereocenters. The van der Waals surface area contributed by atoms with Crippen LogP contribution in [0.25, 0.3) is 0 Å². The molecule has 2 amide bonds. The minimum absolute atomic E-state index is 0.0640. The number of hydrogen-bond acceptors (Lipinski definition) is 4. The second-order valence-electron chi connectivity index (χ2n) is 8.13. The van der Waals surface area contributed by atoms with Crippen molar-refractivity contribution >= 4 is 23.5 Å². The van der Waals surface area contributed by atoms with Crippen LogP contribution in [0.3, 0.4) is 0 Å². The average Bonchev–Trinajstić information content (AvgIpc) is 3.11. The van der Waals surface area contributed by atoms with Crippen LogP contribution in [0.15, 0.2) is 24.3 Å². The molecule has 6 nitrogen and oxygen atoms in total. The normalized spacial score (nSPS) is 26.0. The molecule has 28 heavy (non-hydrogen) atoms. The van der Waals surface area contributed by atoms with E-state index in [4.69, 9.17) is 4.74 Å². The summed E-state index contributed by atoms with van der Waals surface area (Å²) in [5, 5.41) is 3.05. The monoisotopic (exact) mass is 386 g/mol. The fourth-order valence-electron chi connectivity index (χ4n) is 4.09. The van der Waals surface area contributed by atoms with Crippen LogP contribution in [0, 0.1) is 11.8 Å². The third-order valence-electron chi connectivity index (χ3n) is 6.15. The number of nitrogens with zero attached hydrogens (tertiary/aromatic N) is 1. The molecule has 1 saturated carbocycles. The first kappa shape index (κ1) is 20.4. The summed E-state index contributed by atoms with van der Waals surface area (Å²) >= 11 is 0. The molecule has 0 unspecified atom stereocenters. The molecule has 1 aliphatic heterocycles. The van der Waals surface area contributed by atoms with Crippen molar-refractivity contribution in [3.63, 3.8) is 0 Å². The third-order valence-corrected chi connectivity index (χ3v) is 6.15. The first-order valence-electron chi connectivity index (χ1n) is 10.3. The Morgan fingerprint density at radius 1 is 1.21 bits per heavy atom. The van der Waals surface area contributed by atoms with Gasteiger partial charge in [0.15, 0.2) is 6.10 Å². The van der Waals surface area contributed by atoms with E-state index >= 15 is 0 Å². The Balaban J connectivity index is 1.59. The number of amides is 2. The number of benzene rings is 1. The molecule has 1 aromatic carbocycles. The van der Waals surface area contributed by atoms with Crippen molar-refractivity contribution in [2.24, 2.45) is 11.8 Å². The number of carbonyl (C=O) groups is 3. The van der Waals surface area contributed by atoms with Gasteiger partial charge < -0.3 is 15.0 Å². The quantitative estimate of drug-likeness (QED) is 0.788. The fraction of sp³-hybridized carbons (Fsp3) is 0.591. The molecule has 1 aliphatic carbocycles. The zero-order valence-corrected chi connectivity index (χ0v) is 16.9. The second-order valence-corrected chi connectivity index (χ2v) is 8.13. The molecule has 0 spiro atoms. The topological polar surface area (TPSA) is 75.7 Å². The van der Waals surface area contributed by atoms with Crippen molar-refractivity contribution in [2.75, 3.05) is 11.4 Å². The molecule has 152 valence electrons. The van der Waals surface area contributed by atoms with Crippen molar-refractivity contribution in [3.8, 4) is 0 Å². The molecule has 0 aromatic heterocycles. The maximum absolute atomic E-state index is 12.5. The average molecular weight is 386 g/mol. The van der Waals surface area contributed by atoms with E-state index in [-0.39, 0.29) is 17.9 Å². The highest BCUT2D eigenvalue weighted by Gasteiger charge is 2.30. The lowest BCUT2D eigenvalue weighted by atomic mass is 9.78. The van der Waals surface area contributed by atoms with Crippen molar-refractivity contribution in [2.45, 2.75) is 65.0 Å². The first-order valence-corrected chi connectivity index (χ1v) is 10.3. The van der Waals surface area contributed by atoms with Crippen molar-refractivity contribution in [3.05, 3.63) is 29.8 Å². The van der Waals surface area contributed by atoms with Crippen LogP contribution >= 0.6 is 0 Å². The van der Waals surface area contributed by atoms with Crippen molar-refractivity contribution in [1.82, 2.24) is 5.32 Å². The van der Waals surface area contributed by atoms with E-state index < -0.39 is 12.1 Å². The molecule has 1 aromatic rings. The van der Waals surface area contributed by atoms with Crippen LogP contribution in [0.5, 0.6) is 0 Å². The van der Waals surface area contributed by atoms with Gasteiger partial charge in [-0.2, -0.15) is 0 Å². The van der Waals surface area contributed by atoms with Gasteiger partial charge in [0, 0.05) is 24.7 Å². The van der Waals surface area contributed by atoms with Gasteiger partial charge in [-0.1, -0.05) is 32.8 Å². The molecule has 2 fully saturated rings. The number of nitrogens with one attached hydrogen (secondary N) is 1. The van der Waals surface area contributed by atoms with Gasteiger partial charge in [-0.25, -0.2) is 4.79 Å². The summed E-state index contributed by atoms with van der Waals surface area (Å²) in [7, 11) is 0. The summed E-state index contributed by atoms with van der Waals surface area (Å²) in [6, 6.07) is 6.96. The number of carbonyl (C=O) groups excluding carboxylic acids is 3. The van der Waals surface area contributed by atoms with E-state index in [1.54, 1.807) is 30.0 Å². The zero-order valence-electron chi connectivity index (χ0n) is 16.9. The number of ether oxygens (including phenoxy) is 1. The molecule has 6 heteroatoms. The van der Waals surface area contributed by atoms with Crippen LogP contribution in [-0.2, 0) is 14.3 Å². The van der Waals surface area contributed by atoms with Gasteiger partial charge in [-0.3, -0.25) is 9.59 Å². The van der Waals surface area contributed by atoms with E-state index in [0.29, 0.717) is 36.1 Å². The highest BCUT2D eigenvalue weighted by Crippen LogP contribution is 2.29. The Hall–Kier alpha value is -2.37. The predicted molar refractivity (Wildman–Crippen MR) is 107 cm³/mol. The zero-order chi connectivity index (χ0) is 20.3. The van der Waals surface area contributed by atoms with Crippen LogP contribution in [-0.4, -0.2) is 36.5 Å². The van der Waals surface area contributed by atoms with E-state index in [0.717, 1.165) is 19.3 Å². The van der Waals surface area contributed by atoms with Crippen molar-refractivity contribution < 1.29 is 19.1 Å².